The van der Waals surface area contributed by atoms with Crippen LogP contribution >= 0.6 is 11.3 Å². The van der Waals surface area contributed by atoms with Gasteiger partial charge in [0, 0.05) is 14.1 Å². The fourth-order valence-corrected chi connectivity index (χ4v) is 1.39. The first-order chi connectivity index (χ1) is 5.20. The standard InChI is InChI=1S/C8H11N2S.Li/c1-7(9-10(2)3)8-5-4-6-11-8;/h5-6H,1-3H3;/q-1;+1/b9-7+;. The Labute approximate surface area is 89.5 Å². The van der Waals surface area contributed by atoms with Gasteiger partial charge >= 0.3 is 18.9 Å². The first-order valence-corrected chi connectivity index (χ1v) is 4.25. The number of nitrogens with zero attached hydrogens (tertiary/aromatic N) is 2. The summed E-state index contributed by atoms with van der Waals surface area (Å²) in [4.78, 5) is 1.18. The van der Waals surface area contributed by atoms with Crippen LogP contribution in [0.15, 0.2) is 16.5 Å². The third-order valence-electron chi connectivity index (χ3n) is 1.17. The second kappa shape index (κ2) is 5.42. The van der Waals surface area contributed by atoms with Gasteiger partial charge in [-0.1, -0.05) is 0 Å². The van der Waals surface area contributed by atoms with Gasteiger partial charge < -0.3 is 5.01 Å². The molecular formula is C8H11LiN2S. The Hall–Kier alpha value is -0.233. The van der Waals surface area contributed by atoms with Gasteiger partial charge in [0.25, 0.3) is 0 Å². The van der Waals surface area contributed by atoms with E-state index < -0.39 is 0 Å². The van der Waals surface area contributed by atoms with Crippen molar-refractivity contribution in [1.82, 2.24) is 5.01 Å². The van der Waals surface area contributed by atoms with Crippen molar-refractivity contribution < 1.29 is 18.9 Å². The summed E-state index contributed by atoms with van der Waals surface area (Å²) in [5, 5.41) is 8.00. The molecule has 0 aliphatic rings. The van der Waals surface area contributed by atoms with Crippen LogP contribution in [0.2, 0.25) is 0 Å². The molecule has 2 nitrogen and oxygen atoms in total. The number of thiophene rings is 1. The molecule has 0 atom stereocenters. The van der Waals surface area contributed by atoms with Crippen LogP contribution in [0.1, 0.15) is 11.8 Å². The van der Waals surface area contributed by atoms with E-state index in [0.717, 1.165) is 5.71 Å². The zero-order chi connectivity index (χ0) is 8.27. The van der Waals surface area contributed by atoms with E-state index in [2.05, 4.69) is 11.2 Å². The molecule has 12 heavy (non-hydrogen) atoms. The Bertz CT molecular complexity index is 242. The maximum absolute atomic E-state index is 4.26. The Balaban J connectivity index is 0.00000121. The van der Waals surface area contributed by atoms with Gasteiger partial charge in [-0.2, -0.15) is 0 Å². The van der Waals surface area contributed by atoms with Gasteiger partial charge in [0.15, 0.2) is 0 Å². The fourth-order valence-electron chi connectivity index (χ4n) is 0.780. The minimum atomic E-state index is 0. The van der Waals surface area contributed by atoms with Crippen molar-refractivity contribution in [2.24, 2.45) is 5.10 Å². The maximum atomic E-state index is 4.26. The molecule has 0 aliphatic heterocycles. The van der Waals surface area contributed by atoms with E-state index in [1.807, 2.05) is 32.5 Å². The van der Waals surface area contributed by atoms with Gasteiger partial charge in [0.1, 0.15) is 0 Å². The molecule has 0 saturated carbocycles. The van der Waals surface area contributed by atoms with Gasteiger partial charge in [-0.3, -0.25) is 11.3 Å². The molecular weight excluding hydrogens is 163 g/mol. The molecule has 0 unspecified atom stereocenters. The molecule has 0 aromatic carbocycles. The molecule has 0 aliphatic carbocycles. The Morgan fingerprint density at radius 2 is 2.25 bits per heavy atom. The number of hydrazone groups is 1. The third-order valence-corrected chi connectivity index (χ3v) is 2.10. The first kappa shape index (κ1) is 11.8. The van der Waals surface area contributed by atoms with Gasteiger partial charge in [0.2, 0.25) is 0 Å². The Kier molecular flexibility index (Phi) is 5.31. The molecule has 0 N–H and O–H groups in total. The average Bonchev–Trinajstić information content (AvgIpc) is 2.35. The summed E-state index contributed by atoms with van der Waals surface area (Å²) in [7, 11) is 3.83. The summed E-state index contributed by atoms with van der Waals surface area (Å²) in [6.07, 6.45) is 0. The van der Waals surface area contributed by atoms with Crippen LogP contribution in [0.25, 0.3) is 0 Å². The van der Waals surface area contributed by atoms with Crippen molar-refractivity contribution in [2.45, 2.75) is 6.92 Å². The number of hydrogen-bond donors (Lipinski definition) is 0. The van der Waals surface area contributed by atoms with Crippen molar-refractivity contribution >= 4 is 17.0 Å². The summed E-state index contributed by atoms with van der Waals surface area (Å²) in [6, 6.07) is 4.95. The van der Waals surface area contributed by atoms with E-state index in [-0.39, 0.29) is 18.9 Å². The predicted molar refractivity (Wildman–Crippen MR) is 49.1 cm³/mol. The van der Waals surface area contributed by atoms with E-state index in [4.69, 9.17) is 0 Å². The molecule has 60 valence electrons. The first-order valence-electron chi connectivity index (χ1n) is 3.37. The van der Waals surface area contributed by atoms with Gasteiger partial charge in [-0.15, -0.1) is 10.3 Å². The molecule has 0 bridgehead atoms. The number of hydrogen-bond acceptors (Lipinski definition) is 3. The van der Waals surface area contributed by atoms with Gasteiger partial charge in [-0.05, 0) is 12.6 Å². The predicted octanol–water partition coefficient (Wildman–Crippen LogP) is -1.16. The summed E-state index contributed by atoms with van der Waals surface area (Å²) < 4.78 is 0. The molecule has 1 heterocycles. The fraction of sp³-hybridized carbons (Fsp3) is 0.375. The van der Waals surface area contributed by atoms with Crippen LogP contribution < -0.4 is 18.9 Å². The van der Waals surface area contributed by atoms with Crippen LogP contribution in [0.5, 0.6) is 0 Å². The van der Waals surface area contributed by atoms with Crippen molar-refractivity contribution in [2.75, 3.05) is 14.1 Å². The second-order valence-electron chi connectivity index (χ2n) is 2.44. The summed E-state index contributed by atoms with van der Waals surface area (Å²) in [5.41, 5.74) is 1.04. The maximum Gasteiger partial charge on any atom is 1.00 e. The van der Waals surface area contributed by atoms with Crippen molar-refractivity contribution in [3.8, 4) is 0 Å². The van der Waals surface area contributed by atoms with Crippen LogP contribution in [-0.2, 0) is 0 Å². The van der Waals surface area contributed by atoms with Gasteiger partial charge in [-0.25, -0.2) is 17.2 Å². The normalized spacial score (nSPS) is 10.8. The molecule has 0 fully saturated rings. The molecule has 1 aromatic rings. The van der Waals surface area contributed by atoms with Crippen molar-refractivity contribution in [3.05, 3.63) is 22.4 Å². The van der Waals surface area contributed by atoms with E-state index >= 15 is 0 Å². The SMILES string of the molecule is C/C(=N\N(C)C)c1c[c-]cs1.[Li+]. The molecule has 1 aromatic heterocycles. The van der Waals surface area contributed by atoms with Crippen LogP contribution in [0.3, 0.4) is 0 Å². The van der Waals surface area contributed by atoms with E-state index in [1.165, 1.54) is 4.88 Å². The molecule has 0 amide bonds. The zero-order valence-corrected chi connectivity index (χ0v) is 8.77. The smallest absolute Gasteiger partial charge is 0.304 e. The number of rotatable bonds is 2. The van der Waals surface area contributed by atoms with Crippen molar-refractivity contribution in [3.63, 3.8) is 0 Å². The topological polar surface area (TPSA) is 15.6 Å². The molecule has 1 rings (SSSR count). The summed E-state index contributed by atoms with van der Waals surface area (Å²) in [6.45, 7) is 2.00. The quantitative estimate of drug-likeness (QED) is 0.239. The van der Waals surface area contributed by atoms with Crippen molar-refractivity contribution in [1.29, 1.82) is 0 Å². The molecule has 0 spiro atoms. The minimum Gasteiger partial charge on any atom is -0.304 e. The summed E-state index contributed by atoms with van der Waals surface area (Å²) in [5.74, 6) is 0. The Morgan fingerprint density at radius 3 is 2.67 bits per heavy atom. The molecule has 0 radical (unpaired) electrons. The largest absolute Gasteiger partial charge is 1.00 e. The third kappa shape index (κ3) is 3.44. The average molecular weight is 174 g/mol. The zero-order valence-electron chi connectivity index (χ0n) is 7.96. The van der Waals surface area contributed by atoms with E-state index in [1.54, 1.807) is 16.3 Å². The Morgan fingerprint density at radius 1 is 1.58 bits per heavy atom. The minimum absolute atomic E-state index is 0. The van der Waals surface area contributed by atoms with Gasteiger partial charge in [0.05, 0.1) is 0 Å². The van der Waals surface area contributed by atoms with E-state index in [9.17, 15) is 0 Å². The van der Waals surface area contributed by atoms with E-state index in [0.29, 0.717) is 0 Å². The molecule has 4 heteroatoms. The molecule has 0 saturated heterocycles. The second-order valence-corrected chi connectivity index (χ2v) is 3.35. The summed E-state index contributed by atoms with van der Waals surface area (Å²) >= 11 is 1.66. The monoisotopic (exact) mass is 174 g/mol. The van der Waals surface area contributed by atoms with Crippen LogP contribution in [-0.4, -0.2) is 24.8 Å². The van der Waals surface area contributed by atoms with Crippen LogP contribution in [0.4, 0.5) is 0 Å². The van der Waals surface area contributed by atoms with Crippen LogP contribution in [0, 0.1) is 6.07 Å².